The lowest BCUT2D eigenvalue weighted by Gasteiger charge is -2.08. The predicted octanol–water partition coefficient (Wildman–Crippen LogP) is 2.46. The molecule has 1 aromatic rings. The first-order valence-corrected chi connectivity index (χ1v) is 5.34. The Labute approximate surface area is 85.6 Å². The van der Waals surface area contributed by atoms with E-state index in [1.807, 2.05) is 0 Å². The second-order valence-corrected chi connectivity index (χ2v) is 4.17. The van der Waals surface area contributed by atoms with Crippen LogP contribution in [0.1, 0.15) is 11.1 Å². The van der Waals surface area contributed by atoms with Gasteiger partial charge in [-0.2, -0.15) is 18.1 Å². The van der Waals surface area contributed by atoms with E-state index in [2.05, 4.69) is 0 Å². The van der Waals surface area contributed by atoms with Crippen LogP contribution in [0.4, 0.5) is 13.2 Å². The zero-order valence-electron chi connectivity index (χ0n) is 7.88. The van der Waals surface area contributed by atoms with Gasteiger partial charge in [-0.1, -0.05) is 12.1 Å². The summed E-state index contributed by atoms with van der Waals surface area (Å²) in [6.07, 6.45) is -5.54. The van der Waals surface area contributed by atoms with Crippen molar-refractivity contribution in [2.45, 2.75) is 19.5 Å². The third kappa shape index (κ3) is 3.29. The van der Waals surface area contributed by atoms with E-state index >= 15 is 0 Å². The molecule has 1 rings (SSSR count). The van der Waals surface area contributed by atoms with Crippen LogP contribution in [-0.4, -0.2) is 11.1 Å². The van der Waals surface area contributed by atoms with Crippen LogP contribution in [0.3, 0.4) is 0 Å². The van der Waals surface area contributed by atoms with Gasteiger partial charge in [0.05, 0.1) is 6.42 Å². The number of hydrogen-bond acceptors (Lipinski definition) is 1. The fourth-order valence-corrected chi connectivity index (χ4v) is 2.00. The van der Waals surface area contributed by atoms with E-state index in [9.17, 15) is 17.7 Å². The van der Waals surface area contributed by atoms with Crippen LogP contribution in [0.15, 0.2) is 18.2 Å². The van der Waals surface area contributed by atoms with Gasteiger partial charge in [-0.3, -0.25) is 0 Å². The Balaban J connectivity index is 3.19. The Morgan fingerprint density at radius 1 is 1.40 bits per heavy atom. The SMILES string of the molecule is Cc1cccc([P+](=O)O)c1CC(F)(F)F. The van der Waals surface area contributed by atoms with Gasteiger partial charge in [-0.15, -0.1) is 0 Å². The summed E-state index contributed by atoms with van der Waals surface area (Å²) in [5.74, 6) is 0. The molecule has 0 spiro atoms. The van der Waals surface area contributed by atoms with Crippen molar-refractivity contribution in [2.24, 2.45) is 0 Å². The Hall–Kier alpha value is -0.930. The molecule has 82 valence electrons. The van der Waals surface area contributed by atoms with Crippen molar-refractivity contribution in [2.75, 3.05) is 0 Å². The minimum Gasteiger partial charge on any atom is -0.171 e. The normalized spacial score (nSPS) is 12.7. The summed E-state index contributed by atoms with van der Waals surface area (Å²) < 4.78 is 47.4. The summed E-state index contributed by atoms with van der Waals surface area (Å²) in [5, 5.41) is -0.137. The number of hydrogen-bond donors (Lipinski definition) is 1. The van der Waals surface area contributed by atoms with E-state index < -0.39 is 20.6 Å². The van der Waals surface area contributed by atoms with E-state index in [1.54, 1.807) is 0 Å². The lowest BCUT2D eigenvalue weighted by molar-refractivity contribution is -0.127. The fraction of sp³-hybridized carbons (Fsp3) is 0.333. The van der Waals surface area contributed by atoms with Crippen LogP contribution < -0.4 is 5.30 Å². The van der Waals surface area contributed by atoms with Gasteiger partial charge < -0.3 is 0 Å². The van der Waals surface area contributed by atoms with E-state index in [1.165, 1.54) is 25.1 Å². The summed E-state index contributed by atoms with van der Waals surface area (Å²) in [6, 6.07) is 4.20. The van der Waals surface area contributed by atoms with E-state index in [-0.39, 0.29) is 10.9 Å². The highest BCUT2D eigenvalue weighted by molar-refractivity contribution is 7.47. The first kappa shape index (κ1) is 12.1. The molecule has 0 radical (unpaired) electrons. The molecular formula is C9H9F3O2P+. The Morgan fingerprint density at radius 3 is 2.47 bits per heavy atom. The smallest absolute Gasteiger partial charge is 0.171 e. The van der Waals surface area contributed by atoms with Crippen molar-refractivity contribution in [3.8, 4) is 0 Å². The van der Waals surface area contributed by atoms with Crippen molar-refractivity contribution in [3.63, 3.8) is 0 Å². The zero-order valence-corrected chi connectivity index (χ0v) is 8.77. The molecule has 0 aliphatic heterocycles. The molecule has 1 atom stereocenters. The maximum Gasteiger partial charge on any atom is 0.546 e. The standard InChI is InChI=1S/C9H8F3O2P/c1-6-3-2-4-8(15(13)14)7(6)5-9(10,11)12/h2-4H,5H2,1H3/p+1. The average Bonchev–Trinajstić information content (AvgIpc) is 2.05. The van der Waals surface area contributed by atoms with Gasteiger partial charge in [0.25, 0.3) is 0 Å². The first-order chi connectivity index (χ1) is 6.81. The first-order valence-electron chi connectivity index (χ1n) is 4.12. The molecule has 0 aromatic heterocycles. The van der Waals surface area contributed by atoms with Crippen molar-refractivity contribution < 1.29 is 22.6 Å². The average molecular weight is 237 g/mol. The highest BCUT2D eigenvalue weighted by Crippen LogP contribution is 2.26. The van der Waals surface area contributed by atoms with E-state index in [4.69, 9.17) is 4.89 Å². The van der Waals surface area contributed by atoms with Gasteiger partial charge in [-0.05, 0) is 23.1 Å². The predicted molar refractivity (Wildman–Crippen MR) is 50.4 cm³/mol. The minimum absolute atomic E-state index is 0.103. The lowest BCUT2D eigenvalue weighted by atomic mass is 10.1. The molecule has 0 amide bonds. The Bertz CT molecular complexity index is 387. The molecule has 0 aliphatic rings. The van der Waals surface area contributed by atoms with Crippen LogP contribution in [0.25, 0.3) is 0 Å². The molecule has 0 saturated heterocycles. The number of halogens is 3. The molecule has 2 nitrogen and oxygen atoms in total. The maximum atomic E-state index is 12.2. The molecule has 6 heteroatoms. The Morgan fingerprint density at radius 2 is 2.00 bits per heavy atom. The summed E-state index contributed by atoms with van der Waals surface area (Å²) in [5.41, 5.74) is 0.274. The summed E-state index contributed by atoms with van der Waals surface area (Å²) in [4.78, 5) is 8.87. The number of rotatable bonds is 2. The molecule has 1 N–H and O–H groups in total. The van der Waals surface area contributed by atoms with Gasteiger partial charge in [0.15, 0.2) is 0 Å². The molecule has 0 aliphatic carbocycles. The highest BCUT2D eigenvalue weighted by Gasteiger charge is 2.33. The topological polar surface area (TPSA) is 37.3 Å². The fourth-order valence-electron chi connectivity index (χ4n) is 1.30. The molecule has 0 bridgehead atoms. The van der Waals surface area contributed by atoms with Gasteiger partial charge in [-0.25, -0.2) is 0 Å². The van der Waals surface area contributed by atoms with E-state index in [0.29, 0.717) is 5.56 Å². The van der Waals surface area contributed by atoms with E-state index in [0.717, 1.165) is 0 Å². The largest absolute Gasteiger partial charge is 0.546 e. The molecule has 15 heavy (non-hydrogen) atoms. The van der Waals surface area contributed by atoms with Crippen molar-refractivity contribution >= 4 is 13.3 Å². The van der Waals surface area contributed by atoms with Crippen molar-refractivity contribution in [1.82, 2.24) is 0 Å². The molecule has 0 saturated carbocycles. The summed E-state index contributed by atoms with van der Waals surface area (Å²) in [7, 11) is -2.74. The number of aryl methyl sites for hydroxylation is 1. The van der Waals surface area contributed by atoms with Gasteiger partial charge in [0.1, 0.15) is 0 Å². The van der Waals surface area contributed by atoms with Crippen LogP contribution in [0.2, 0.25) is 0 Å². The molecule has 0 fully saturated rings. The lowest BCUT2D eigenvalue weighted by Crippen LogP contribution is -2.18. The second-order valence-electron chi connectivity index (χ2n) is 3.14. The van der Waals surface area contributed by atoms with Crippen LogP contribution in [-0.2, 0) is 11.0 Å². The molecular weight excluding hydrogens is 228 g/mol. The van der Waals surface area contributed by atoms with Crippen molar-refractivity contribution in [3.05, 3.63) is 29.3 Å². The van der Waals surface area contributed by atoms with Crippen LogP contribution in [0.5, 0.6) is 0 Å². The van der Waals surface area contributed by atoms with Gasteiger partial charge >= 0.3 is 14.2 Å². The minimum atomic E-state index is -4.37. The third-order valence-electron chi connectivity index (χ3n) is 1.97. The molecule has 1 unspecified atom stereocenters. The van der Waals surface area contributed by atoms with Crippen LogP contribution >= 0.6 is 8.03 Å². The molecule has 0 heterocycles. The van der Waals surface area contributed by atoms with Gasteiger partial charge in [0, 0.05) is 5.56 Å². The van der Waals surface area contributed by atoms with Crippen molar-refractivity contribution in [1.29, 1.82) is 0 Å². The monoisotopic (exact) mass is 237 g/mol. The molecule has 1 aromatic carbocycles. The van der Waals surface area contributed by atoms with Crippen LogP contribution in [0, 0.1) is 6.92 Å². The van der Waals surface area contributed by atoms with Gasteiger partial charge in [0.2, 0.25) is 5.30 Å². The number of alkyl halides is 3. The number of benzene rings is 1. The summed E-state index contributed by atoms with van der Waals surface area (Å²) in [6.45, 7) is 1.49. The summed E-state index contributed by atoms with van der Waals surface area (Å²) >= 11 is 0. The maximum absolute atomic E-state index is 12.2. The zero-order chi connectivity index (χ0) is 11.6. The highest BCUT2D eigenvalue weighted by atomic mass is 31.1. The Kier molecular flexibility index (Phi) is 3.47. The quantitative estimate of drug-likeness (QED) is 0.802. The second kappa shape index (κ2) is 4.29. The third-order valence-corrected chi connectivity index (χ3v) is 2.80.